The van der Waals surface area contributed by atoms with Crippen LogP contribution in [0.25, 0.3) is 0 Å². The van der Waals surface area contributed by atoms with Crippen molar-refractivity contribution < 1.29 is 4.79 Å². The molecule has 2 aliphatic rings. The molecule has 1 aromatic heterocycles. The molecule has 1 heterocycles. The monoisotopic (exact) mass is 275 g/mol. The van der Waals surface area contributed by atoms with Gasteiger partial charge in [-0.3, -0.25) is 9.36 Å². The highest BCUT2D eigenvalue weighted by Crippen LogP contribution is 2.33. The third kappa shape index (κ3) is 2.92. The van der Waals surface area contributed by atoms with Gasteiger partial charge in [0.1, 0.15) is 6.54 Å². The molecule has 1 aromatic rings. The molecule has 3 rings (SSSR count). The molecule has 0 aliphatic heterocycles. The maximum absolute atomic E-state index is 12.6. The molecular formula is C15H21N3O2. The van der Waals surface area contributed by atoms with Crippen molar-refractivity contribution in [3.63, 3.8) is 0 Å². The van der Waals surface area contributed by atoms with Crippen molar-refractivity contribution in [2.45, 2.75) is 63.6 Å². The van der Waals surface area contributed by atoms with E-state index in [1.54, 1.807) is 12.3 Å². The molecule has 2 fully saturated rings. The Morgan fingerprint density at radius 1 is 1.20 bits per heavy atom. The van der Waals surface area contributed by atoms with Crippen molar-refractivity contribution in [3.05, 3.63) is 28.9 Å². The lowest BCUT2D eigenvalue weighted by Gasteiger charge is -2.34. The summed E-state index contributed by atoms with van der Waals surface area (Å²) in [5.74, 6) is 0.0782. The number of rotatable bonds is 4. The Morgan fingerprint density at radius 3 is 2.55 bits per heavy atom. The van der Waals surface area contributed by atoms with E-state index >= 15 is 0 Å². The third-order valence-corrected chi connectivity index (χ3v) is 4.28. The fourth-order valence-corrected chi connectivity index (χ4v) is 3.15. The summed E-state index contributed by atoms with van der Waals surface area (Å²) >= 11 is 0. The Balaban J connectivity index is 1.72. The molecule has 0 radical (unpaired) electrons. The smallest absolute Gasteiger partial charge is 0.335 e. The number of carbonyl (C=O) groups is 1. The minimum atomic E-state index is -0.347. The number of amides is 1. The molecule has 0 saturated heterocycles. The number of carbonyl (C=O) groups excluding carboxylic acids is 1. The molecule has 20 heavy (non-hydrogen) atoms. The number of hydrogen-bond donors (Lipinski definition) is 0. The van der Waals surface area contributed by atoms with Gasteiger partial charge >= 0.3 is 5.69 Å². The summed E-state index contributed by atoms with van der Waals surface area (Å²) in [7, 11) is 0. The van der Waals surface area contributed by atoms with Crippen molar-refractivity contribution in [2.75, 3.05) is 0 Å². The molecule has 2 aliphatic carbocycles. The Kier molecular flexibility index (Phi) is 3.85. The summed E-state index contributed by atoms with van der Waals surface area (Å²) < 4.78 is 1.40. The first-order valence-corrected chi connectivity index (χ1v) is 7.58. The summed E-state index contributed by atoms with van der Waals surface area (Å²) in [6.07, 6.45) is 11.3. The number of aromatic nitrogens is 2. The molecule has 0 N–H and O–H groups in total. The van der Waals surface area contributed by atoms with Crippen LogP contribution in [0, 0.1) is 0 Å². The van der Waals surface area contributed by atoms with Crippen LogP contribution in [0.1, 0.15) is 44.9 Å². The lowest BCUT2D eigenvalue weighted by molar-refractivity contribution is -0.135. The molecule has 1 amide bonds. The lowest BCUT2D eigenvalue weighted by Crippen LogP contribution is -2.45. The SMILES string of the molecule is O=C(Cn1cccnc1=O)N(C1CCCCC1)C1CC1. The fourth-order valence-electron chi connectivity index (χ4n) is 3.15. The van der Waals surface area contributed by atoms with Crippen LogP contribution in [0.2, 0.25) is 0 Å². The van der Waals surface area contributed by atoms with Gasteiger partial charge < -0.3 is 4.90 Å². The number of nitrogens with zero attached hydrogens (tertiary/aromatic N) is 3. The average Bonchev–Trinajstić information content (AvgIpc) is 3.28. The van der Waals surface area contributed by atoms with Gasteiger partial charge in [-0.05, 0) is 31.7 Å². The van der Waals surface area contributed by atoms with E-state index < -0.39 is 0 Å². The molecular weight excluding hydrogens is 254 g/mol. The van der Waals surface area contributed by atoms with Crippen LogP contribution in [0.3, 0.4) is 0 Å². The zero-order chi connectivity index (χ0) is 13.9. The van der Waals surface area contributed by atoms with Gasteiger partial charge in [-0.15, -0.1) is 0 Å². The van der Waals surface area contributed by atoms with Gasteiger partial charge in [-0.2, -0.15) is 0 Å². The van der Waals surface area contributed by atoms with Crippen molar-refractivity contribution in [1.82, 2.24) is 14.5 Å². The van der Waals surface area contributed by atoms with E-state index in [1.807, 2.05) is 0 Å². The molecule has 2 saturated carbocycles. The van der Waals surface area contributed by atoms with E-state index in [0.717, 1.165) is 25.7 Å². The minimum absolute atomic E-state index is 0.0782. The van der Waals surface area contributed by atoms with Crippen LogP contribution in [0.15, 0.2) is 23.3 Å². The first kappa shape index (κ1) is 13.3. The maximum Gasteiger partial charge on any atom is 0.347 e. The Labute approximate surface area is 118 Å². The van der Waals surface area contributed by atoms with Gasteiger partial charge in [0, 0.05) is 24.5 Å². The second-order valence-corrected chi connectivity index (χ2v) is 5.85. The van der Waals surface area contributed by atoms with Gasteiger partial charge in [0.05, 0.1) is 0 Å². The average molecular weight is 275 g/mol. The van der Waals surface area contributed by atoms with E-state index in [4.69, 9.17) is 0 Å². The lowest BCUT2D eigenvalue weighted by atomic mass is 9.94. The van der Waals surface area contributed by atoms with Gasteiger partial charge in [0.2, 0.25) is 5.91 Å². The van der Waals surface area contributed by atoms with Crippen LogP contribution in [-0.4, -0.2) is 32.4 Å². The Morgan fingerprint density at radius 2 is 1.90 bits per heavy atom. The topological polar surface area (TPSA) is 55.2 Å². The molecule has 0 bridgehead atoms. The van der Waals surface area contributed by atoms with Crippen LogP contribution in [0.4, 0.5) is 0 Å². The first-order valence-electron chi connectivity index (χ1n) is 7.58. The maximum atomic E-state index is 12.6. The fraction of sp³-hybridized carbons (Fsp3) is 0.667. The third-order valence-electron chi connectivity index (χ3n) is 4.28. The summed E-state index contributed by atoms with van der Waals surface area (Å²) in [5, 5.41) is 0. The highest BCUT2D eigenvalue weighted by atomic mass is 16.2. The highest BCUT2D eigenvalue weighted by Gasteiger charge is 2.37. The molecule has 0 unspecified atom stereocenters. The van der Waals surface area contributed by atoms with Crippen molar-refractivity contribution in [3.8, 4) is 0 Å². The normalized spacial score (nSPS) is 19.8. The summed E-state index contributed by atoms with van der Waals surface area (Å²) in [4.78, 5) is 30.0. The Bertz CT molecular complexity index is 530. The molecule has 5 heteroatoms. The molecule has 5 nitrogen and oxygen atoms in total. The van der Waals surface area contributed by atoms with Crippen LogP contribution in [-0.2, 0) is 11.3 Å². The number of hydrogen-bond acceptors (Lipinski definition) is 3. The largest absolute Gasteiger partial charge is 0.347 e. The molecule has 0 spiro atoms. The van der Waals surface area contributed by atoms with Crippen molar-refractivity contribution in [2.24, 2.45) is 0 Å². The van der Waals surface area contributed by atoms with Gasteiger partial charge in [0.25, 0.3) is 0 Å². The standard InChI is InChI=1S/C15H21N3O2/c19-14(11-17-10-4-9-16-15(17)20)18(13-7-8-13)12-5-2-1-3-6-12/h4,9-10,12-13H,1-3,5-8,11H2. The minimum Gasteiger partial charge on any atom is -0.335 e. The van der Waals surface area contributed by atoms with Gasteiger partial charge in [0.15, 0.2) is 0 Å². The van der Waals surface area contributed by atoms with Crippen LogP contribution >= 0.6 is 0 Å². The van der Waals surface area contributed by atoms with E-state index in [9.17, 15) is 9.59 Å². The predicted octanol–water partition coefficient (Wildman–Crippen LogP) is 1.57. The molecule has 0 atom stereocenters. The van der Waals surface area contributed by atoms with E-state index in [-0.39, 0.29) is 18.1 Å². The molecule has 0 aromatic carbocycles. The van der Waals surface area contributed by atoms with Crippen molar-refractivity contribution in [1.29, 1.82) is 0 Å². The predicted molar refractivity (Wildman–Crippen MR) is 75.2 cm³/mol. The summed E-state index contributed by atoms with van der Waals surface area (Å²) in [6, 6.07) is 2.49. The zero-order valence-corrected chi connectivity index (χ0v) is 11.7. The quantitative estimate of drug-likeness (QED) is 0.838. The van der Waals surface area contributed by atoms with Crippen LogP contribution < -0.4 is 5.69 Å². The van der Waals surface area contributed by atoms with Crippen molar-refractivity contribution >= 4 is 5.91 Å². The molecule has 108 valence electrons. The highest BCUT2D eigenvalue weighted by molar-refractivity contribution is 5.77. The Hall–Kier alpha value is -1.65. The van der Waals surface area contributed by atoms with E-state index in [2.05, 4.69) is 9.88 Å². The van der Waals surface area contributed by atoms with Gasteiger partial charge in [-0.25, -0.2) is 9.78 Å². The van der Waals surface area contributed by atoms with Crippen LogP contribution in [0.5, 0.6) is 0 Å². The van der Waals surface area contributed by atoms with E-state index in [1.165, 1.54) is 30.0 Å². The second-order valence-electron chi connectivity index (χ2n) is 5.85. The zero-order valence-electron chi connectivity index (χ0n) is 11.7. The summed E-state index contributed by atoms with van der Waals surface area (Å²) in [6.45, 7) is 0.125. The van der Waals surface area contributed by atoms with Gasteiger partial charge in [-0.1, -0.05) is 19.3 Å². The summed E-state index contributed by atoms with van der Waals surface area (Å²) in [5.41, 5.74) is -0.347. The first-order chi connectivity index (χ1) is 9.75. The second kappa shape index (κ2) is 5.77. The van der Waals surface area contributed by atoms with E-state index in [0.29, 0.717) is 12.1 Å².